The Morgan fingerprint density at radius 1 is 1.19 bits per heavy atom. The van der Waals surface area contributed by atoms with Gasteiger partial charge >= 0.3 is 0 Å². The van der Waals surface area contributed by atoms with Crippen LogP contribution in [0.3, 0.4) is 0 Å². The van der Waals surface area contributed by atoms with Crippen LogP contribution in [0.5, 0.6) is 5.88 Å². The second kappa shape index (κ2) is 6.55. The highest BCUT2D eigenvalue weighted by atomic mass is 19.1. The maximum atomic E-state index is 13.1. The van der Waals surface area contributed by atoms with E-state index in [2.05, 4.69) is 15.1 Å². The minimum atomic E-state index is -0.332. The molecule has 0 unspecified atom stereocenters. The Bertz CT molecular complexity index is 954. The number of carbonyl (C=O) groups is 1. The van der Waals surface area contributed by atoms with E-state index in [0.717, 1.165) is 5.69 Å². The second-order valence-corrected chi connectivity index (χ2v) is 5.96. The van der Waals surface area contributed by atoms with Crippen molar-refractivity contribution in [2.45, 2.75) is 20.1 Å². The van der Waals surface area contributed by atoms with Crippen LogP contribution in [0.25, 0.3) is 0 Å². The summed E-state index contributed by atoms with van der Waals surface area (Å²) in [4.78, 5) is 22.6. The lowest BCUT2D eigenvalue weighted by Crippen LogP contribution is -2.40. The van der Waals surface area contributed by atoms with Crippen molar-refractivity contribution in [2.75, 3.05) is 11.4 Å². The van der Waals surface area contributed by atoms with E-state index >= 15 is 0 Å². The van der Waals surface area contributed by atoms with E-state index in [9.17, 15) is 9.18 Å². The van der Waals surface area contributed by atoms with Crippen molar-refractivity contribution in [3.05, 3.63) is 65.6 Å². The fraction of sp³-hybridized carbons (Fsp3) is 0.222. The van der Waals surface area contributed by atoms with Crippen molar-refractivity contribution in [3.63, 3.8) is 0 Å². The molecule has 3 heterocycles. The zero-order chi connectivity index (χ0) is 18.1. The average Bonchev–Trinajstić information content (AvgIpc) is 3.06. The van der Waals surface area contributed by atoms with Gasteiger partial charge in [-0.15, -0.1) is 0 Å². The molecule has 7 nitrogen and oxygen atoms in total. The van der Waals surface area contributed by atoms with Gasteiger partial charge in [0.05, 0.1) is 18.4 Å². The van der Waals surface area contributed by atoms with Gasteiger partial charge in [0, 0.05) is 18.4 Å². The molecule has 0 atom stereocenters. The normalized spacial score (nSPS) is 13.6. The number of anilines is 1. The fourth-order valence-corrected chi connectivity index (χ4v) is 2.84. The highest BCUT2D eigenvalue weighted by molar-refractivity contribution is 6.05. The molecule has 0 radical (unpaired) electrons. The molecule has 0 saturated carbocycles. The van der Waals surface area contributed by atoms with E-state index in [4.69, 9.17) is 4.74 Å². The van der Waals surface area contributed by atoms with Crippen molar-refractivity contribution in [1.82, 2.24) is 19.7 Å². The summed E-state index contributed by atoms with van der Waals surface area (Å²) < 4.78 is 20.4. The maximum absolute atomic E-state index is 13.1. The summed E-state index contributed by atoms with van der Waals surface area (Å²) >= 11 is 0. The van der Waals surface area contributed by atoms with E-state index in [-0.39, 0.29) is 18.3 Å². The van der Waals surface area contributed by atoms with Crippen LogP contribution in [0.4, 0.5) is 10.1 Å². The Labute approximate surface area is 149 Å². The zero-order valence-corrected chi connectivity index (χ0v) is 14.1. The van der Waals surface area contributed by atoms with Crippen molar-refractivity contribution >= 4 is 11.6 Å². The molecule has 3 aromatic rings. The second-order valence-electron chi connectivity index (χ2n) is 5.96. The van der Waals surface area contributed by atoms with Crippen molar-refractivity contribution in [3.8, 4) is 5.88 Å². The van der Waals surface area contributed by atoms with Gasteiger partial charge < -0.3 is 9.64 Å². The first-order chi connectivity index (χ1) is 12.6. The molecule has 1 aliphatic heterocycles. The van der Waals surface area contributed by atoms with Crippen LogP contribution >= 0.6 is 0 Å². The summed E-state index contributed by atoms with van der Waals surface area (Å²) in [6, 6.07) is 7.59. The summed E-state index contributed by atoms with van der Waals surface area (Å²) in [6.45, 7) is 3.06. The van der Waals surface area contributed by atoms with Gasteiger partial charge in [0.2, 0.25) is 5.88 Å². The molecular formula is C18H16FN5O2. The number of hydrogen-bond acceptors (Lipinski definition) is 5. The molecule has 0 aliphatic carbocycles. The first-order valence-corrected chi connectivity index (χ1v) is 8.16. The minimum Gasteiger partial charge on any atom is -0.470 e. The number of benzene rings is 1. The molecule has 26 heavy (non-hydrogen) atoms. The number of amides is 1. The van der Waals surface area contributed by atoms with Gasteiger partial charge in [0.15, 0.2) is 0 Å². The summed E-state index contributed by atoms with van der Waals surface area (Å²) in [5.74, 6) is -0.0888. The highest BCUT2D eigenvalue weighted by Gasteiger charge is 2.27. The maximum Gasteiger partial charge on any atom is 0.276 e. The monoisotopic (exact) mass is 353 g/mol. The molecule has 0 spiro atoms. The van der Waals surface area contributed by atoms with Crippen LogP contribution in [0, 0.1) is 12.7 Å². The smallest absolute Gasteiger partial charge is 0.276 e. The summed E-state index contributed by atoms with van der Waals surface area (Å²) in [5.41, 5.74) is 2.54. The van der Waals surface area contributed by atoms with Gasteiger partial charge in [-0.05, 0) is 37.3 Å². The Hall–Kier alpha value is -3.29. The lowest BCUT2D eigenvalue weighted by Gasteiger charge is -2.27. The lowest BCUT2D eigenvalue weighted by molar-refractivity contribution is 0.0962. The van der Waals surface area contributed by atoms with Crippen LogP contribution in [0.1, 0.15) is 21.9 Å². The number of aromatic nitrogens is 4. The molecule has 132 valence electrons. The first kappa shape index (κ1) is 16.2. The molecule has 4 rings (SSSR count). The van der Waals surface area contributed by atoms with Crippen molar-refractivity contribution < 1.29 is 13.9 Å². The Morgan fingerprint density at radius 2 is 2.00 bits per heavy atom. The number of halogens is 1. The third kappa shape index (κ3) is 3.13. The van der Waals surface area contributed by atoms with Crippen molar-refractivity contribution in [2.24, 2.45) is 0 Å². The highest BCUT2D eigenvalue weighted by Crippen LogP contribution is 2.22. The summed E-state index contributed by atoms with van der Waals surface area (Å²) in [7, 11) is 0. The van der Waals surface area contributed by atoms with E-state index in [0.29, 0.717) is 36.0 Å². The van der Waals surface area contributed by atoms with Crippen LogP contribution in [-0.4, -0.2) is 32.2 Å². The van der Waals surface area contributed by atoms with Gasteiger partial charge in [0.25, 0.3) is 5.91 Å². The van der Waals surface area contributed by atoms with Gasteiger partial charge in [-0.2, -0.15) is 5.10 Å². The fourth-order valence-electron chi connectivity index (χ4n) is 2.84. The van der Waals surface area contributed by atoms with E-state index in [1.54, 1.807) is 34.0 Å². The lowest BCUT2D eigenvalue weighted by atomic mass is 10.2. The number of carbonyl (C=O) groups excluding carboxylic acids is 1. The number of ether oxygens (including phenoxy) is 1. The Morgan fingerprint density at radius 3 is 2.77 bits per heavy atom. The van der Waals surface area contributed by atoms with E-state index in [1.165, 1.54) is 18.3 Å². The van der Waals surface area contributed by atoms with Gasteiger partial charge in [-0.3, -0.25) is 14.5 Å². The predicted octanol–water partition coefficient (Wildman–Crippen LogP) is 2.36. The molecule has 8 heteroatoms. The number of nitrogens with zero attached hydrogens (tertiary/aromatic N) is 5. The van der Waals surface area contributed by atoms with Gasteiger partial charge in [-0.1, -0.05) is 0 Å². The zero-order valence-electron chi connectivity index (χ0n) is 14.1. The van der Waals surface area contributed by atoms with Crippen LogP contribution < -0.4 is 9.64 Å². The minimum absolute atomic E-state index is 0.169. The first-order valence-electron chi connectivity index (χ1n) is 8.16. The molecular weight excluding hydrogens is 337 g/mol. The summed E-state index contributed by atoms with van der Waals surface area (Å²) in [5, 5.41) is 4.42. The quantitative estimate of drug-likeness (QED) is 0.720. The predicted molar refractivity (Wildman–Crippen MR) is 91.4 cm³/mol. The average molecular weight is 353 g/mol. The molecule has 2 aromatic heterocycles. The van der Waals surface area contributed by atoms with E-state index in [1.807, 2.05) is 6.92 Å². The number of aryl methyl sites for hydroxylation is 1. The summed E-state index contributed by atoms with van der Waals surface area (Å²) in [6.07, 6.45) is 3.18. The largest absolute Gasteiger partial charge is 0.470 e. The molecule has 0 N–H and O–H groups in total. The van der Waals surface area contributed by atoms with Gasteiger partial charge in [-0.25, -0.2) is 9.37 Å². The number of fused-ring (bicyclic) bond motifs is 1. The molecule has 1 aliphatic rings. The van der Waals surface area contributed by atoms with Crippen LogP contribution in [0.2, 0.25) is 0 Å². The van der Waals surface area contributed by atoms with E-state index < -0.39 is 0 Å². The van der Waals surface area contributed by atoms with Crippen molar-refractivity contribution in [1.29, 1.82) is 0 Å². The standard InChI is InChI=1S/C18H16FN5O2/c1-12-9-20-10-17(21-12)26-11-14-8-16-18(25)23(6-7-24(16)22-14)15-4-2-13(19)3-5-15/h2-5,8-10H,6-7,11H2,1H3. The van der Waals surface area contributed by atoms with Gasteiger partial charge in [0.1, 0.15) is 23.8 Å². The third-order valence-electron chi connectivity index (χ3n) is 4.07. The molecule has 0 saturated heterocycles. The Balaban J connectivity index is 1.51. The molecule has 0 bridgehead atoms. The molecule has 1 amide bonds. The van der Waals surface area contributed by atoms with Crippen LogP contribution in [-0.2, 0) is 13.2 Å². The topological polar surface area (TPSA) is 73.1 Å². The molecule has 1 aromatic carbocycles. The third-order valence-corrected chi connectivity index (χ3v) is 4.07. The SMILES string of the molecule is Cc1cncc(OCc2cc3n(n2)CCN(c2ccc(F)cc2)C3=O)n1. The molecule has 0 fully saturated rings. The number of rotatable bonds is 4. The number of hydrogen-bond donors (Lipinski definition) is 0. The van der Waals surface area contributed by atoms with Crippen LogP contribution in [0.15, 0.2) is 42.7 Å². The Kier molecular flexibility index (Phi) is 4.08.